The maximum Gasteiger partial charge on any atom is 0.0757 e. The van der Waals surface area contributed by atoms with E-state index in [0.717, 1.165) is 37.3 Å². The van der Waals surface area contributed by atoms with Gasteiger partial charge < -0.3 is 0 Å². The standard InChI is InChI=1S/C32H30N2/c1-22(2)24-12-14-26(15-13-24)32-29-21-34(20-23-8-4-3-5-9-23)19-18-28(29)31-27-11-7-6-10-25(27)16-17-30(31)33-32/h3-17,22H,18-21H2,1-2H3. The molecule has 0 amide bonds. The summed E-state index contributed by atoms with van der Waals surface area (Å²) < 4.78 is 0. The lowest BCUT2D eigenvalue weighted by molar-refractivity contribution is 0.246. The molecule has 0 radical (unpaired) electrons. The van der Waals surface area contributed by atoms with Gasteiger partial charge in [-0.3, -0.25) is 4.90 Å². The first-order chi connectivity index (χ1) is 16.7. The Balaban J connectivity index is 1.52. The highest BCUT2D eigenvalue weighted by molar-refractivity contribution is 6.09. The molecule has 0 aliphatic carbocycles. The summed E-state index contributed by atoms with van der Waals surface area (Å²) in [6.45, 7) is 7.46. The third-order valence-electron chi connectivity index (χ3n) is 7.25. The summed E-state index contributed by atoms with van der Waals surface area (Å²) >= 11 is 0. The zero-order chi connectivity index (χ0) is 23.1. The van der Waals surface area contributed by atoms with Crippen molar-refractivity contribution in [2.75, 3.05) is 6.54 Å². The van der Waals surface area contributed by atoms with Crippen molar-refractivity contribution in [1.82, 2.24) is 9.88 Å². The minimum absolute atomic E-state index is 0.528. The molecule has 0 fully saturated rings. The minimum Gasteiger partial charge on any atom is -0.294 e. The second-order valence-electron chi connectivity index (χ2n) is 9.82. The molecule has 0 bridgehead atoms. The van der Waals surface area contributed by atoms with Crippen molar-refractivity contribution < 1.29 is 0 Å². The molecule has 2 heterocycles. The van der Waals surface area contributed by atoms with Gasteiger partial charge >= 0.3 is 0 Å². The van der Waals surface area contributed by atoms with E-state index in [1.165, 1.54) is 44.0 Å². The molecule has 34 heavy (non-hydrogen) atoms. The Kier molecular flexibility index (Phi) is 5.39. The molecular formula is C32H30N2. The molecule has 4 aromatic carbocycles. The van der Waals surface area contributed by atoms with Crippen LogP contribution in [0.2, 0.25) is 0 Å². The molecule has 1 aliphatic heterocycles. The Morgan fingerprint density at radius 2 is 1.56 bits per heavy atom. The van der Waals surface area contributed by atoms with Gasteiger partial charge in [0.05, 0.1) is 11.2 Å². The topological polar surface area (TPSA) is 16.1 Å². The molecule has 1 aromatic heterocycles. The maximum absolute atomic E-state index is 5.30. The quantitative estimate of drug-likeness (QED) is 0.265. The Hall–Kier alpha value is -3.49. The molecule has 6 rings (SSSR count). The molecule has 0 saturated carbocycles. The zero-order valence-electron chi connectivity index (χ0n) is 20.0. The van der Waals surface area contributed by atoms with Crippen LogP contribution in [0.5, 0.6) is 0 Å². The predicted molar refractivity (Wildman–Crippen MR) is 143 cm³/mol. The van der Waals surface area contributed by atoms with Gasteiger partial charge in [0, 0.05) is 30.6 Å². The van der Waals surface area contributed by atoms with E-state index in [4.69, 9.17) is 4.98 Å². The summed E-state index contributed by atoms with van der Waals surface area (Å²) in [4.78, 5) is 7.87. The van der Waals surface area contributed by atoms with E-state index in [-0.39, 0.29) is 0 Å². The number of aromatic nitrogens is 1. The van der Waals surface area contributed by atoms with Crippen LogP contribution >= 0.6 is 0 Å². The van der Waals surface area contributed by atoms with Gasteiger partial charge in [-0.2, -0.15) is 0 Å². The van der Waals surface area contributed by atoms with Crippen molar-refractivity contribution in [3.05, 3.63) is 113 Å². The fourth-order valence-corrected chi connectivity index (χ4v) is 5.41. The van der Waals surface area contributed by atoms with Crippen LogP contribution in [0.25, 0.3) is 32.9 Å². The molecule has 0 unspecified atom stereocenters. The molecule has 5 aromatic rings. The van der Waals surface area contributed by atoms with Gasteiger partial charge in [-0.1, -0.05) is 98.8 Å². The molecule has 2 heteroatoms. The first-order valence-electron chi connectivity index (χ1n) is 12.4. The van der Waals surface area contributed by atoms with Crippen LogP contribution < -0.4 is 0 Å². The molecule has 2 nitrogen and oxygen atoms in total. The molecule has 0 saturated heterocycles. The second-order valence-corrected chi connectivity index (χ2v) is 9.82. The van der Waals surface area contributed by atoms with Crippen molar-refractivity contribution in [2.45, 2.75) is 39.3 Å². The molecule has 0 spiro atoms. The Morgan fingerprint density at radius 3 is 2.35 bits per heavy atom. The lowest BCUT2D eigenvalue weighted by atomic mass is 9.89. The lowest BCUT2D eigenvalue weighted by Gasteiger charge is -2.31. The minimum atomic E-state index is 0.528. The Bertz CT molecular complexity index is 1470. The smallest absolute Gasteiger partial charge is 0.0757 e. The lowest BCUT2D eigenvalue weighted by Crippen LogP contribution is -2.31. The number of nitrogens with zero attached hydrogens (tertiary/aromatic N) is 2. The molecule has 0 atom stereocenters. The van der Waals surface area contributed by atoms with Crippen LogP contribution in [-0.2, 0) is 19.5 Å². The number of benzene rings is 4. The van der Waals surface area contributed by atoms with Crippen LogP contribution in [0.3, 0.4) is 0 Å². The first-order valence-corrected chi connectivity index (χ1v) is 12.4. The first kappa shape index (κ1) is 21.1. The van der Waals surface area contributed by atoms with Gasteiger partial charge in [0.2, 0.25) is 0 Å². The van der Waals surface area contributed by atoms with Crippen molar-refractivity contribution in [3.8, 4) is 11.3 Å². The van der Waals surface area contributed by atoms with Crippen LogP contribution in [0.15, 0.2) is 91.0 Å². The zero-order valence-corrected chi connectivity index (χ0v) is 20.0. The molecule has 168 valence electrons. The number of pyridine rings is 1. The molecule has 0 N–H and O–H groups in total. The van der Waals surface area contributed by atoms with E-state index in [1.54, 1.807) is 0 Å². The van der Waals surface area contributed by atoms with Crippen molar-refractivity contribution in [1.29, 1.82) is 0 Å². The third kappa shape index (κ3) is 3.78. The summed E-state index contributed by atoms with van der Waals surface area (Å²) in [7, 11) is 0. The Labute approximate surface area is 201 Å². The highest BCUT2D eigenvalue weighted by Gasteiger charge is 2.24. The van der Waals surface area contributed by atoms with Gasteiger partial charge in [0.25, 0.3) is 0 Å². The van der Waals surface area contributed by atoms with Crippen LogP contribution in [0.4, 0.5) is 0 Å². The predicted octanol–water partition coefficient (Wildman–Crippen LogP) is 7.74. The largest absolute Gasteiger partial charge is 0.294 e. The van der Waals surface area contributed by atoms with E-state index in [9.17, 15) is 0 Å². The molecule has 1 aliphatic rings. The average Bonchev–Trinajstić information content (AvgIpc) is 2.88. The SMILES string of the molecule is CC(C)c1ccc(-c2nc3ccc4ccccc4c3c3c2CN(Cc2ccccc2)CC3)cc1. The van der Waals surface area contributed by atoms with E-state index in [0.29, 0.717) is 5.92 Å². The van der Waals surface area contributed by atoms with Crippen LogP contribution in [-0.4, -0.2) is 16.4 Å². The van der Waals surface area contributed by atoms with Crippen LogP contribution in [0.1, 0.15) is 42.0 Å². The highest BCUT2D eigenvalue weighted by atomic mass is 15.1. The number of rotatable bonds is 4. The third-order valence-corrected chi connectivity index (χ3v) is 7.25. The second kappa shape index (κ2) is 8.70. The Morgan fingerprint density at radius 1 is 0.794 bits per heavy atom. The van der Waals surface area contributed by atoms with Crippen molar-refractivity contribution >= 4 is 21.7 Å². The van der Waals surface area contributed by atoms with Crippen LogP contribution in [0, 0.1) is 0 Å². The van der Waals surface area contributed by atoms with E-state index in [2.05, 4.69) is 110 Å². The monoisotopic (exact) mass is 442 g/mol. The van der Waals surface area contributed by atoms with E-state index in [1.807, 2.05) is 0 Å². The maximum atomic E-state index is 5.30. The van der Waals surface area contributed by atoms with Gasteiger partial charge in [-0.15, -0.1) is 0 Å². The molecular weight excluding hydrogens is 412 g/mol. The number of hydrogen-bond donors (Lipinski definition) is 0. The van der Waals surface area contributed by atoms with Gasteiger partial charge in [-0.25, -0.2) is 4.98 Å². The summed E-state index contributed by atoms with van der Waals surface area (Å²) in [5.41, 5.74) is 9.08. The van der Waals surface area contributed by atoms with Gasteiger partial charge in [-0.05, 0) is 51.4 Å². The summed E-state index contributed by atoms with van der Waals surface area (Å²) in [6, 6.07) is 33.1. The van der Waals surface area contributed by atoms with Crippen molar-refractivity contribution in [3.63, 3.8) is 0 Å². The summed E-state index contributed by atoms with van der Waals surface area (Å²) in [5, 5.41) is 3.96. The number of hydrogen-bond acceptors (Lipinski definition) is 2. The van der Waals surface area contributed by atoms with E-state index >= 15 is 0 Å². The average molecular weight is 443 g/mol. The highest BCUT2D eigenvalue weighted by Crippen LogP contribution is 2.38. The number of fused-ring (bicyclic) bond motifs is 5. The summed E-state index contributed by atoms with van der Waals surface area (Å²) in [5.74, 6) is 0.528. The fourth-order valence-electron chi connectivity index (χ4n) is 5.41. The van der Waals surface area contributed by atoms with Gasteiger partial charge in [0.1, 0.15) is 0 Å². The fraction of sp³-hybridized carbons (Fsp3) is 0.219. The van der Waals surface area contributed by atoms with Crippen molar-refractivity contribution in [2.24, 2.45) is 0 Å². The van der Waals surface area contributed by atoms with E-state index < -0.39 is 0 Å². The summed E-state index contributed by atoms with van der Waals surface area (Å²) in [6.07, 6.45) is 1.05. The van der Waals surface area contributed by atoms with Gasteiger partial charge in [0.15, 0.2) is 0 Å². The normalized spacial score (nSPS) is 14.1.